The smallest absolute Gasteiger partial charge is 0.250 e. The molecule has 0 unspecified atom stereocenters. The summed E-state index contributed by atoms with van der Waals surface area (Å²) in [5.74, 6) is 0.607. The average Bonchev–Trinajstić information content (AvgIpc) is 2.75. The van der Waals surface area contributed by atoms with Crippen LogP contribution >= 0.6 is 0 Å². The fourth-order valence-electron chi connectivity index (χ4n) is 3.81. The van der Waals surface area contributed by atoms with Gasteiger partial charge in [-0.1, -0.05) is 30.3 Å². The van der Waals surface area contributed by atoms with Gasteiger partial charge in [0.05, 0.1) is 11.7 Å². The molecule has 0 aliphatic heterocycles. The number of hydrogen-bond acceptors (Lipinski definition) is 5. The molecule has 1 amide bonds. The van der Waals surface area contributed by atoms with Crippen molar-refractivity contribution < 1.29 is 14.6 Å². The van der Waals surface area contributed by atoms with Crippen molar-refractivity contribution in [3.63, 3.8) is 0 Å². The summed E-state index contributed by atoms with van der Waals surface area (Å²) in [6.07, 6.45) is 5.02. The number of pyridine rings is 1. The van der Waals surface area contributed by atoms with Crippen molar-refractivity contribution in [2.45, 2.75) is 44.4 Å². The topological polar surface area (TPSA) is 97.5 Å². The SMILES string of the molecule is NC(=O)c1ccc(Oc2ccc(CNC3CCC(O)CC3)c3ccccc23)nc1. The van der Waals surface area contributed by atoms with Crippen molar-refractivity contribution >= 4 is 16.7 Å². The number of carbonyl (C=O) groups is 1. The van der Waals surface area contributed by atoms with Crippen LogP contribution in [0.2, 0.25) is 0 Å². The van der Waals surface area contributed by atoms with Gasteiger partial charge in [-0.3, -0.25) is 4.79 Å². The Bertz CT molecular complexity index is 996. The van der Waals surface area contributed by atoms with Crippen LogP contribution in [0.3, 0.4) is 0 Å². The maximum absolute atomic E-state index is 11.2. The van der Waals surface area contributed by atoms with Crippen molar-refractivity contribution in [2.24, 2.45) is 5.73 Å². The number of hydrogen-bond donors (Lipinski definition) is 3. The van der Waals surface area contributed by atoms with Crippen LogP contribution in [0.25, 0.3) is 10.8 Å². The molecule has 0 saturated heterocycles. The van der Waals surface area contributed by atoms with Crippen LogP contribution in [0.4, 0.5) is 0 Å². The van der Waals surface area contributed by atoms with Gasteiger partial charge in [0.25, 0.3) is 0 Å². The van der Waals surface area contributed by atoms with Crippen molar-refractivity contribution in [3.05, 3.63) is 65.9 Å². The van der Waals surface area contributed by atoms with E-state index < -0.39 is 5.91 Å². The number of nitrogens with zero attached hydrogens (tertiary/aromatic N) is 1. The van der Waals surface area contributed by atoms with E-state index in [-0.39, 0.29) is 6.10 Å². The Hall–Kier alpha value is -2.96. The Balaban J connectivity index is 1.52. The van der Waals surface area contributed by atoms with E-state index in [4.69, 9.17) is 10.5 Å². The normalized spacial score (nSPS) is 19.2. The second-order valence-electron chi connectivity index (χ2n) is 7.51. The molecular formula is C23H25N3O3. The fourth-order valence-corrected chi connectivity index (χ4v) is 3.81. The summed E-state index contributed by atoms with van der Waals surface area (Å²) in [4.78, 5) is 15.4. The van der Waals surface area contributed by atoms with E-state index in [9.17, 15) is 9.90 Å². The quantitative estimate of drug-likeness (QED) is 0.597. The second kappa shape index (κ2) is 8.59. The minimum atomic E-state index is -0.515. The molecule has 4 rings (SSSR count). The first-order valence-electron chi connectivity index (χ1n) is 9.96. The number of fused-ring (bicyclic) bond motifs is 1. The zero-order chi connectivity index (χ0) is 20.2. The highest BCUT2D eigenvalue weighted by Gasteiger charge is 2.19. The Morgan fingerprint density at radius 2 is 1.83 bits per heavy atom. The van der Waals surface area contributed by atoms with Crippen LogP contribution in [0.5, 0.6) is 11.6 Å². The van der Waals surface area contributed by atoms with E-state index >= 15 is 0 Å². The Labute approximate surface area is 169 Å². The first-order chi connectivity index (χ1) is 14.1. The summed E-state index contributed by atoms with van der Waals surface area (Å²) < 4.78 is 5.98. The number of rotatable bonds is 6. The van der Waals surface area contributed by atoms with E-state index in [2.05, 4.69) is 22.4 Å². The van der Waals surface area contributed by atoms with Gasteiger partial charge in [-0.25, -0.2) is 4.98 Å². The first kappa shape index (κ1) is 19.4. The number of aliphatic hydroxyl groups is 1. The number of primary amides is 1. The molecule has 1 aliphatic rings. The van der Waals surface area contributed by atoms with E-state index in [1.807, 2.05) is 24.3 Å². The molecule has 6 nitrogen and oxygen atoms in total. The molecular weight excluding hydrogens is 366 g/mol. The van der Waals surface area contributed by atoms with Gasteiger partial charge in [0.2, 0.25) is 11.8 Å². The number of ether oxygens (including phenoxy) is 1. The fraction of sp³-hybridized carbons (Fsp3) is 0.304. The maximum Gasteiger partial charge on any atom is 0.250 e. The van der Waals surface area contributed by atoms with E-state index in [0.29, 0.717) is 23.2 Å². The van der Waals surface area contributed by atoms with Crippen LogP contribution in [0.15, 0.2) is 54.7 Å². The van der Waals surface area contributed by atoms with Crippen molar-refractivity contribution in [2.75, 3.05) is 0 Å². The predicted molar refractivity (Wildman–Crippen MR) is 112 cm³/mol. The molecule has 1 aromatic heterocycles. The predicted octanol–water partition coefficient (Wildman–Crippen LogP) is 3.52. The van der Waals surface area contributed by atoms with Crippen LogP contribution in [-0.2, 0) is 6.54 Å². The Morgan fingerprint density at radius 1 is 1.07 bits per heavy atom. The average molecular weight is 391 g/mol. The second-order valence-corrected chi connectivity index (χ2v) is 7.51. The molecule has 1 aliphatic carbocycles. The lowest BCUT2D eigenvalue weighted by atomic mass is 9.93. The summed E-state index contributed by atoms with van der Waals surface area (Å²) in [7, 11) is 0. The van der Waals surface area contributed by atoms with E-state index in [1.54, 1.807) is 12.1 Å². The number of nitrogens with two attached hydrogens (primary N) is 1. The lowest BCUT2D eigenvalue weighted by Crippen LogP contribution is -2.34. The van der Waals surface area contributed by atoms with E-state index in [0.717, 1.165) is 43.0 Å². The molecule has 0 spiro atoms. The highest BCUT2D eigenvalue weighted by atomic mass is 16.5. The first-order valence-corrected chi connectivity index (χ1v) is 9.96. The lowest BCUT2D eigenvalue weighted by molar-refractivity contribution is 0.1000. The Kier molecular flexibility index (Phi) is 5.74. The summed E-state index contributed by atoms with van der Waals surface area (Å²) in [6, 6.07) is 15.8. The summed E-state index contributed by atoms with van der Waals surface area (Å²) in [5, 5.41) is 15.4. The summed E-state index contributed by atoms with van der Waals surface area (Å²) in [6.45, 7) is 0.771. The van der Waals surface area contributed by atoms with Gasteiger partial charge in [-0.2, -0.15) is 0 Å². The van der Waals surface area contributed by atoms with E-state index in [1.165, 1.54) is 11.8 Å². The molecule has 1 saturated carbocycles. The highest BCUT2D eigenvalue weighted by Crippen LogP contribution is 2.32. The van der Waals surface area contributed by atoms with Crippen LogP contribution in [-0.4, -0.2) is 28.1 Å². The third-order valence-corrected chi connectivity index (χ3v) is 5.49. The number of nitrogens with one attached hydrogen (secondary N) is 1. The van der Waals surface area contributed by atoms with Crippen molar-refractivity contribution in [3.8, 4) is 11.6 Å². The molecule has 1 fully saturated rings. The molecule has 29 heavy (non-hydrogen) atoms. The van der Waals surface area contributed by atoms with Crippen molar-refractivity contribution in [1.29, 1.82) is 0 Å². The molecule has 0 radical (unpaired) electrons. The van der Waals surface area contributed by atoms with Gasteiger partial charge >= 0.3 is 0 Å². The van der Waals surface area contributed by atoms with Gasteiger partial charge < -0.3 is 20.9 Å². The molecule has 2 aromatic carbocycles. The van der Waals surface area contributed by atoms with Crippen molar-refractivity contribution in [1.82, 2.24) is 10.3 Å². The standard InChI is InChI=1S/C23H25N3O3/c24-23(28)16-6-12-22(26-14-16)29-21-11-5-15(19-3-1-2-4-20(19)21)13-25-17-7-9-18(27)10-8-17/h1-6,11-12,14,17-18,25,27H,7-10,13H2,(H2,24,28). The maximum atomic E-state index is 11.2. The zero-order valence-corrected chi connectivity index (χ0v) is 16.2. The number of amides is 1. The third kappa shape index (κ3) is 4.55. The largest absolute Gasteiger partial charge is 0.438 e. The van der Waals surface area contributed by atoms with Crippen LogP contribution in [0.1, 0.15) is 41.6 Å². The van der Waals surface area contributed by atoms with Gasteiger partial charge in [-0.05, 0) is 48.8 Å². The van der Waals surface area contributed by atoms with Gasteiger partial charge in [0.15, 0.2) is 0 Å². The van der Waals surface area contributed by atoms with Crippen LogP contribution in [0, 0.1) is 0 Å². The minimum absolute atomic E-state index is 0.143. The van der Waals surface area contributed by atoms with Gasteiger partial charge in [0, 0.05) is 30.2 Å². The molecule has 0 bridgehead atoms. The Morgan fingerprint density at radius 3 is 2.52 bits per heavy atom. The molecule has 4 N–H and O–H groups in total. The van der Waals surface area contributed by atoms with Gasteiger partial charge in [-0.15, -0.1) is 0 Å². The summed E-state index contributed by atoms with van der Waals surface area (Å²) >= 11 is 0. The zero-order valence-electron chi connectivity index (χ0n) is 16.2. The number of aliphatic hydroxyl groups excluding tert-OH is 1. The molecule has 6 heteroatoms. The molecule has 3 aromatic rings. The molecule has 0 atom stereocenters. The number of carbonyl (C=O) groups excluding carboxylic acids is 1. The highest BCUT2D eigenvalue weighted by molar-refractivity contribution is 5.92. The third-order valence-electron chi connectivity index (χ3n) is 5.49. The van der Waals surface area contributed by atoms with Gasteiger partial charge in [0.1, 0.15) is 5.75 Å². The summed E-state index contributed by atoms with van der Waals surface area (Å²) in [5.41, 5.74) is 6.81. The lowest BCUT2D eigenvalue weighted by Gasteiger charge is -2.26. The number of aromatic nitrogens is 1. The molecule has 150 valence electrons. The molecule has 1 heterocycles. The monoisotopic (exact) mass is 391 g/mol. The minimum Gasteiger partial charge on any atom is -0.438 e. The number of benzene rings is 2. The van der Waals surface area contributed by atoms with Crippen LogP contribution < -0.4 is 15.8 Å².